The van der Waals surface area contributed by atoms with Gasteiger partial charge in [-0.2, -0.15) is 0 Å². The first kappa shape index (κ1) is 15.5. The molecule has 0 amide bonds. The second-order valence-electron chi connectivity index (χ2n) is 6.04. The SMILES string of the molecule is CC(O)C1CCN(Cc2cc(-c3ccc(Cl)cc3)no2)CC1. The van der Waals surface area contributed by atoms with E-state index in [2.05, 4.69) is 10.1 Å². The minimum absolute atomic E-state index is 0.205. The van der Waals surface area contributed by atoms with Gasteiger partial charge in [-0.3, -0.25) is 4.90 Å². The van der Waals surface area contributed by atoms with E-state index in [9.17, 15) is 5.11 Å². The summed E-state index contributed by atoms with van der Waals surface area (Å²) in [5.41, 5.74) is 1.85. The van der Waals surface area contributed by atoms with Crippen molar-refractivity contribution >= 4 is 11.6 Å². The van der Waals surface area contributed by atoms with Crippen molar-refractivity contribution in [2.45, 2.75) is 32.4 Å². The molecule has 3 rings (SSSR count). The van der Waals surface area contributed by atoms with E-state index in [1.165, 1.54) is 0 Å². The van der Waals surface area contributed by atoms with Gasteiger partial charge < -0.3 is 9.63 Å². The van der Waals surface area contributed by atoms with Crippen LogP contribution in [0.2, 0.25) is 5.02 Å². The van der Waals surface area contributed by atoms with Gasteiger partial charge in [0.15, 0.2) is 5.76 Å². The zero-order valence-corrected chi connectivity index (χ0v) is 13.5. The van der Waals surface area contributed by atoms with Crippen LogP contribution < -0.4 is 0 Å². The standard InChI is InChI=1S/C17H21ClN2O2/c1-12(21)13-6-8-20(9-7-13)11-16-10-17(19-22-16)14-2-4-15(18)5-3-14/h2-5,10,12-13,21H,6-9,11H2,1H3. The molecule has 0 aliphatic carbocycles. The molecule has 0 radical (unpaired) electrons. The molecule has 4 nitrogen and oxygen atoms in total. The Labute approximate surface area is 135 Å². The summed E-state index contributed by atoms with van der Waals surface area (Å²) in [6.07, 6.45) is 1.87. The molecule has 1 aromatic heterocycles. The van der Waals surface area contributed by atoms with Crippen LogP contribution in [0.5, 0.6) is 0 Å². The molecule has 2 aromatic rings. The van der Waals surface area contributed by atoms with Crippen LogP contribution in [0.1, 0.15) is 25.5 Å². The first-order valence-electron chi connectivity index (χ1n) is 7.74. The second kappa shape index (κ2) is 6.82. The molecule has 0 spiro atoms. The van der Waals surface area contributed by atoms with Crippen LogP contribution in [0.15, 0.2) is 34.9 Å². The molecule has 1 fully saturated rings. The molecule has 0 saturated carbocycles. The van der Waals surface area contributed by atoms with Gasteiger partial charge in [0.2, 0.25) is 0 Å². The molecule has 1 atom stereocenters. The van der Waals surface area contributed by atoms with Crippen molar-refractivity contribution in [3.8, 4) is 11.3 Å². The number of piperidine rings is 1. The molecule has 1 aromatic carbocycles. The number of aliphatic hydroxyl groups is 1. The van der Waals surface area contributed by atoms with E-state index in [1.54, 1.807) is 0 Å². The van der Waals surface area contributed by atoms with Gasteiger partial charge in [-0.1, -0.05) is 28.9 Å². The summed E-state index contributed by atoms with van der Waals surface area (Å²) in [6, 6.07) is 9.58. The van der Waals surface area contributed by atoms with Crippen LogP contribution >= 0.6 is 11.6 Å². The first-order valence-corrected chi connectivity index (χ1v) is 8.11. The van der Waals surface area contributed by atoms with E-state index >= 15 is 0 Å². The summed E-state index contributed by atoms with van der Waals surface area (Å²) in [7, 11) is 0. The van der Waals surface area contributed by atoms with E-state index in [0.717, 1.165) is 49.5 Å². The number of hydrogen-bond donors (Lipinski definition) is 1. The highest BCUT2D eigenvalue weighted by atomic mass is 35.5. The van der Waals surface area contributed by atoms with Crippen molar-refractivity contribution in [1.29, 1.82) is 0 Å². The van der Waals surface area contributed by atoms with Crippen LogP contribution in [-0.2, 0) is 6.54 Å². The summed E-state index contributed by atoms with van der Waals surface area (Å²) in [6.45, 7) is 4.64. The van der Waals surface area contributed by atoms with E-state index in [0.29, 0.717) is 10.9 Å². The molecule has 1 N–H and O–H groups in total. The predicted molar refractivity (Wildman–Crippen MR) is 86.6 cm³/mol. The van der Waals surface area contributed by atoms with E-state index < -0.39 is 0 Å². The van der Waals surface area contributed by atoms with Crippen molar-refractivity contribution in [3.63, 3.8) is 0 Å². The summed E-state index contributed by atoms with van der Waals surface area (Å²) in [5, 5.41) is 14.5. The summed E-state index contributed by atoms with van der Waals surface area (Å²) in [5.74, 6) is 1.30. The highest BCUT2D eigenvalue weighted by molar-refractivity contribution is 6.30. The molecule has 1 aliphatic rings. The van der Waals surface area contributed by atoms with Crippen LogP contribution in [-0.4, -0.2) is 34.4 Å². The van der Waals surface area contributed by atoms with Crippen LogP contribution in [0.4, 0.5) is 0 Å². The van der Waals surface area contributed by atoms with Gasteiger partial charge in [-0.15, -0.1) is 0 Å². The van der Waals surface area contributed by atoms with Crippen molar-refractivity contribution in [2.24, 2.45) is 5.92 Å². The van der Waals surface area contributed by atoms with Gasteiger partial charge in [0, 0.05) is 16.7 Å². The molecule has 22 heavy (non-hydrogen) atoms. The minimum Gasteiger partial charge on any atom is -0.393 e. The summed E-state index contributed by atoms with van der Waals surface area (Å²) in [4.78, 5) is 2.35. The van der Waals surface area contributed by atoms with Crippen molar-refractivity contribution in [3.05, 3.63) is 41.1 Å². The van der Waals surface area contributed by atoms with Crippen molar-refractivity contribution in [2.75, 3.05) is 13.1 Å². The number of nitrogens with zero attached hydrogens (tertiary/aromatic N) is 2. The summed E-state index contributed by atoms with van der Waals surface area (Å²) < 4.78 is 5.45. The lowest BCUT2D eigenvalue weighted by molar-refractivity contribution is 0.0666. The van der Waals surface area contributed by atoms with Crippen LogP contribution in [0.25, 0.3) is 11.3 Å². The number of rotatable bonds is 4. The zero-order chi connectivity index (χ0) is 15.5. The highest BCUT2D eigenvalue weighted by Crippen LogP contribution is 2.24. The Morgan fingerprint density at radius 3 is 2.64 bits per heavy atom. The Morgan fingerprint density at radius 2 is 2.00 bits per heavy atom. The Morgan fingerprint density at radius 1 is 1.32 bits per heavy atom. The number of aliphatic hydroxyl groups excluding tert-OH is 1. The van der Waals surface area contributed by atoms with Crippen molar-refractivity contribution < 1.29 is 9.63 Å². The van der Waals surface area contributed by atoms with Gasteiger partial charge in [-0.25, -0.2) is 0 Å². The predicted octanol–water partition coefficient (Wildman–Crippen LogP) is 3.59. The molecule has 118 valence electrons. The number of halogens is 1. The molecule has 1 aliphatic heterocycles. The molecular weight excluding hydrogens is 300 g/mol. The number of benzene rings is 1. The fraction of sp³-hybridized carbons (Fsp3) is 0.471. The zero-order valence-electron chi connectivity index (χ0n) is 12.7. The lowest BCUT2D eigenvalue weighted by atomic mass is 9.92. The third-order valence-electron chi connectivity index (χ3n) is 4.39. The van der Waals surface area contributed by atoms with E-state index in [1.807, 2.05) is 37.3 Å². The Balaban J connectivity index is 1.59. The second-order valence-corrected chi connectivity index (χ2v) is 6.48. The molecule has 0 bridgehead atoms. The summed E-state index contributed by atoms with van der Waals surface area (Å²) >= 11 is 5.90. The van der Waals surface area contributed by atoms with Gasteiger partial charge in [0.1, 0.15) is 5.69 Å². The molecule has 2 heterocycles. The van der Waals surface area contributed by atoms with Gasteiger partial charge in [0.25, 0.3) is 0 Å². The maximum absolute atomic E-state index is 9.65. The van der Waals surface area contributed by atoms with Crippen molar-refractivity contribution in [1.82, 2.24) is 10.1 Å². The average molecular weight is 321 g/mol. The number of likely N-dealkylation sites (tertiary alicyclic amines) is 1. The van der Waals surface area contributed by atoms with Crippen LogP contribution in [0, 0.1) is 5.92 Å². The molecule has 1 saturated heterocycles. The third kappa shape index (κ3) is 3.69. The highest BCUT2D eigenvalue weighted by Gasteiger charge is 2.23. The Kier molecular flexibility index (Phi) is 4.81. The van der Waals surface area contributed by atoms with E-state index in [4.69, 9.17) is 16.1 Å². The first-order chi connectivity index (χ1) is 10.6. The number of aromatic nitrogens is 1. The average Bonchev–Trinajstić information content (AvgIpc) is 2.97. The van der Waals surface area contributed by atoms with Gasteiger partial charge in [-0.05, 0) is 50.9 Å². The van der Waals surface area contributed by atoms with Gasteiger partial charge >= 0.3 is 0 Å². The fourth-order valence-corrected chi connectivity index (χ4v) is 3.08. The quantitative estimate of drug-likeness (QED) is 0.935. The smallest absolute Gasteiger partial charge is 0.151 e. The minimum atomic E-state index is -0.205. The normalized spacial score (nSPS) is 18.5. The molecular formula is C17H21ClN2O2. The van der Waals surface area contributed by atoms with Crippen LogP contribution in [0.3, 0.4) is 0 Å². The fourth-order valence-electron chi connectivity index (χ4n) is 2.96. The van der Waals surface area contributed by atoms with E-state index in [-0.39, 0.29) is 6.10 Å². The Hall–Kier alpha value is -1.36. The molecule has 1 unspecified atom stereocenters. The molecule has 5 heteroatoms. The lowest BCUT2D eigenvalue weighted by Gasteiger charge is -2.32. The largest absolute Gasteiger partial charge is 0.393 e. The number of hydrogen-bond acceptors (Lipinski definition) is 4. The Bertz CT molecular complexity index is 601. The maximum atomic E-state index is 9.65. The maximum Gasteiger partial charge on any atom is 0.151 e. The topological polar surface area (TPSA) is 49.5 Å². The third-order valence-corrected chi connectivity index (χ3v) is 4.64. The lowest BCUT2D eigenvalue weighted by Crippen LogP contribution is -2.36. The monoisotopic (exact) mass is 320 g/mol. The van der Waals surface area contributed by atoms with Gasteiger partial charge in [0.05, 0.1) is 12.6 Å².